The third-order valence-corrected chi connectivity index (χ3v) is 3.07. The van der Waals surface area contributed by atoms with Gasteiger partial charge in [-0.25, -0.2) is 0 Å². The normalized spacial score (nSPS) is 21.7. The highest BCUT2D eigenvalue weighted by molar-refractivity contribution is 5.75. The fourth-order valence-corrected chi connectivity index (χ4v) is 2.24. The van der Waals surface area contributed by atoms with Crippen molar-refractivity contribution in [3.05, 3.63) is 12.7 Å². The van der Waals surface area contributed by atoms with Crippen LogP contribution in [0.25, 0.3) is 0 Å². The second kappa shape index (κ2) is 5.31. The molecule has 3 heteroatoms. The van der Waals surface area contributed by atoms with Gasteiger partial charge in [-0.15, -0.1) is 6.58 Å². The quantitative estimate of drug-likeness (QED) is 0.573. The molecule has 0 spiro atoms. The Balaban J connectivity index is 2.70. The van der Waals surface area contributed by atoms with E-state index in [1.54, 1.807) is 6.92 Å². The van der Waals surface area contributed by atoms with Gasteiger partial charge >= 0.3 is 5.97 Å². The van der Waals surface area contributed by atoms with Gasteiger partial charge in [-0.3, -0.25) is 4.79 Å². The van der Waals surface area contributed by atoms with E-state index in [9.17, 15) is 9.90 Å². The van der Waals surface area contributed by atoms with Crippen molar-refractivity contribution < 1.29 is 14.6 Å². The van der Waals surface area contributed by atoms with Gasteiger partial charge in [0, 0.05) is 0 Å². The summed E-state index contributed by atoms with van der Waals surface area (Å²) in [6.45, 7) is 5.74. The number of carbonyl (C=O) groups excluding carboxylic acids is 1. The number of carbonyl (C=O) groups is 1. The molecule has 1 rings (SSSR count). The zero-order chi connectivity index (χ0) is 11.3. The maximum Gasteiger partial charge on any atom is 0.315 e. The SMILES string of the molecule is C=CC(C(=O)OCC)C1(O)CCCCC1. The number of aliphatic hydroxyl groups is 1. The van der Waals surface area contributed by atoms with Gasteiger partial charge in [0.25, 0.3) is 0 Å². The molecular formula is C12H20O3. The molecule has 0 heterocycles. The van der Waals surface area contributed by atoms with Crippen LogP contribution in [0.2, 0.25) is 0 Å². The fourth-order valence-electron chi connectivity index (χ4n) is 2.24. The van der Waals surface area contributed by atoms with E-state index in [2.05, 4.69) is 6.58 Å². The van der Waals surface area contributed by atoms with Gasteiger partial charge in [0.1, 0.15) is 5.92 Å². The lowest BCUT2D eigenvalue weighted by molar-refractivity contribution is -0.156. The molecular weight excluding hydrogens is 192 g/mol. The molecule has 0 saturated heterocycles. The molecule has 1 saturated carbocycles. The second-order valence-corrected chi connectivity index (χ2v) is 4.13. The average molecular weight is 212 g/mol. The molecule has 3 nitrogen and oxygen atoms in total. The van der Waals surface area contributed by atoms with E-state index in [1.807, 2.05) is 0 Å². The predicted molar refractivity (Wildman–Crippen MR) is 58.4 cm³/mol. The number of ether oxygens (including phenoxy) is 1. The molecule has 0 amide bonds. The van der Waals surface area contributed by atoms with E-state index >= 15 is 0 Å². The van der Waals surface area contributed by atoms with Crippen molar-refractivity contribution in [1.29, 1.82) is 0 Å². The van der Waals surface area contributed by atoms with Crippen LogP contribution in [0.1, 0.15) is 39.0 Å². The molecule has 0 aromatic heterocycles. The van der Waals surface area contributed by atoms with Crippen LogP contribution in [0.4, 0.5) is 0 Å². The molecule has 1 aliphatic rings. The van der Waals surface area contributed by atoms with Crippen LogP contribution >= 0.6 is 0 Å². The van der Waals surface area contributed by atoms with E-state index in [4.69, 9.17) is 4.74 Å². The summed E-state index contributed by atoms with van der Waals surface area (Å²) in [5.41, 5.74) is -0.924. The third-order valence-electron chi connectivity index (χ3n) is 3.07. The standard InChI is InChI=1S/C12H20O3/c1-3-10(11(13)15-4-2)12(14)8-6-5-7-9-12/h3,10,14H,1,4-9H2,2H3. The molecule has 1 unspecified atom stereocenters. The van der Waals surface area contributed by atoms with Gasteiger partial charge in [0.05, 0.1) is 12.2 Å². The van der Waals surface area contributed by atoms with Gasteiger partial charge in [-0.05, 0) is 19.8 Å². The molecule has 0 bridgehead atoms. The van der Waals surface area contributed by atoms with Crippen molar-refractivity contribution >= 4 is 5.97 Å². The summed E-state index contributed by atoms with van der Waals surface area (Å²) in [7, 11) is 0. The summed E-state index contributed by atoms with van der Waals surface area (Å²) in [6, 6.07) is 0. The minimum atomic E-state index is -0.924. The molecule has 1 N–H and O–H groups in total. The van der Waals surface area contributed by atoms with Crippen LogP contribution in [0.5, 0.6) is 0 Å². The summed E-state index contributed by atoms with van der Waals surface area (Å²) in [4.78, 5) is 11.6. The molecule has 0 aliphatic heterocycles. The molecule has 86 valence electrons. The van der Waals surface area contributed by atoms with Gasteiger partial charge in [0.2, 0.25) is 0 Å². The topological polar surface area (TPSA) is 46.5 Å². The summed E-state index contributed by atoms with van der Waals surface area (Å²) in [5.74, 6) is -0.922. The van der Waals surface area contributed by atoms with Crippen molar-refractivity contribution in [2.75, 3.05) is 6.61 Å². The van der Waals surface area contributed by atoms with E-state index in [1.165, 1.54) is 6.08 Å². The summed E-state index contributed by atoms with van der Waals surface area (Å²) in [6.07, 6.45) is 5.93. The lowest BCUT2D eigenvalue weighted by Gasteiger charge is -2.36. The second-order valence-electron chi connectivity index (χ2n) is 4.13. The minimum Gasteiger partial charge on any atom is -0.465 e. The maximum atomic E-state index is 11.6. The average Bonchev–Trinajstić information content (AvgIpc) is 2.19. The predicted octanol–water partition coefficient (Wildman–Crippen LogP) is 2.05. The van der Waals surface area contributed by atoms with E-state index in [-0.39, 0.29) is 5.97 Å². The molecule has 1 fully saturated rings. The first-order valence-corrected chi connectivity index (χ1v) is 5.65. The van der Waals surface area contributed by atoms with Gasteiger partial charge < -0.3 is 9.84 Å². The van der Waals surface area contributed by atoms with E-state index in [0.717, 1.165) is 19.3 Å². The smallest absolute Gasteiger partial charge is 0.315 e. The Kier molecular flexibility index (Phi) is 4.33. The zero-order valence-electron chi connectivity index (χ0n) is 9.37. The molecule has 1 atom stereocenters. The summed E-state index contributed by atoms with van der Waals surface area (Å²) < 4.78 is 4.94. The minimum absolute atomic E-state index is 0.346. The Morgan fingerprint density at radius 1 is 1.53 bits per heavy atom. The molecule has 15 heavy (non-hydrogen) atoms. The van der Waals surface area contributed by atoms with Crippen LogP contribution in [0.15, 0.2) is 12.7 Å². The zero-order valence-corrected chi connectivity index (χ0v) is 9.37. The van der Waals surface area contributed by atoms with Crippen molar-refractivity contribution in [1.82, 2.24) is 0 Å². The van der Waals surface area contributed by atoms with Crippen LogP contribution < -0.4 is 0 Å². The molecule has 0 aromatic rings. The Bertz CT molecular complexity index is 229. The van der Waals surface area contributed by atoms with Crippen LogP contribution in [0, 0.1) is 5.92 Å². The lowest BCUT2D eigenvalue weighted by atomic mass is 9.75. The lowest BCUT2D eigenvalue weighted by Crippen LogP contribution is -2.43. The van der Waals surface area contributed by atoms with Gasteiger partial charge in [0.15, 0.2) is 0 Å². The van der Waals surface area contributed by atoms with Crippen molar-refractivity contribution in [2.24, 2.45) is 5.92 Å². The first-order chi connectivity index (χ1) is 7.14. The van der Waals surface area contributed by atoms with Crippen LogP contribution in [-0.4, -0.2) is 23.3 Å². The van der Waals surface area contributed by atoms with E-state index < -0.39 is 11.5 Å². The largest absolute Gasteiger partial charge is 0.465 e. The van der Waals surface area contributed by atoms with Crippen molar-refractivity contribution in [3.63, 3.8) is 0 Å². The summed E-state index contributed by atoms with van der Waals surface area (Å²) >= 11 is 0. The van der Waals surface area contributed by atoms with Crippen molar-refractivity contribution in [2.45, 2.75) is 44.6 Å². The number of hydrogen-bond acceptors (Lipinski definition) is 3. The molecule has 0 radical (unpaired) electrons. The number of hydrogen-bond donors (Lipinski definition) is 1. The van der Waals surface area contributed by atoms with E-state index in [0.29, 0.717) is 19.4 Å². The Hall–Kier alpha value is -0.830. The highest BCUT2D eigenvalue weighted by Crippen LogP contribution is 2.35. The Labute approximate surface area is 91.1 Å². The third kappa shape index (κ3) is 2.81. The number of rotatable bonds is 4. The van der Waals surface area contributed by atoms with Gasteiger partial charge in [-0.1, -0.05) is 25.3 Å². The first-order valence-electron chi connectivity index (χ1n) is 5.65. The molecule has 1 aliphatic carbocycles. The van der Waals surface area contributed by atoms with Crippen LogP contribution in [-0.2, 0) is 9.53 Å². The maximum absolute atomic E-state index is 11.6. The number of esters is 1. The summed E-state index contributed by atoms with van der Waals surface area (Å²) in [5, 5.41) is 10.4. The highest BCUT2D eigenvalue weighted by atomic mass is 16.5. The monoisotopic (exact) mass is 212 g/mol. The Morgan fingerprint density at radius 3 is 2.60 bits per heavy atom. The van der Waals surface area contributed by atoms with Crippen LogP contribution in [0.3, 0.4) is 0 Å². The fraction of sp³-hybridized carbons (Fsp3) is 0.750. The van der Waals surface area contributed by atoms with Crippen molar-refractivity contribution in [3.8, 4) is 0 Å². The highest BCUT2D eigenvalue weighted by Gasteiger charge is 2.41. The Morgan fingerprint density at radius 2 is 2.13 bits per heavy atom. The first kappa shape index (κ1) is 12.2. The molecule has 0 aromatic carbocycles. The van der Waals surface area contributed by atoms with Gasteiger partial charge in [-0.2, -0.15) is 0 Å².